The minimum atomic E-state index is -0.580. The van der Waals surface area contributed by atoms with Gasteiger partial charge in [0.05, 0.1) is 0 Å². The molecule has 1 heterocycles. The summed E-state index contributed by atoms with van der Waals surface area (Å²) in [6, 6.07) is 10.3. The molecule has 0 saturated carbocycles. The van der Waals surface area contributed by atoms with E-state index >= 15 is 0 Å². The largest absolute Gasteiger partial charge is 0.508 e. The molecule has 0 saturated heterocycles. The van der Waals surface area contributed by atoms with Crippen molar-refractivity contribution in [3.8, 4) is 5.75 Å². The molecule has 0 aliphatic carbocycles. The molecule has 0 fully saturated rings. The fraction of sp³-hybridized carbons (Fsp3) is 0.200. The Bertz CT molecular complexity index is 1010. The molecule has 3 aromatic rings. The van der Waals surface area contributed by atoms with E-state index < -0.39 is 11.6 Å². The number of carbonyl (C=O) groups is 1. The summed E-state index contributed by atoms with van der Waals surface area (Å²) in [5, 5.41) is 10.3. The number of phenolic OH excluding ortho intramolecular Hbond substituents is 1. The van der Waals surface area contributed by atoms with Crippen LogP contribution in [-0.4, -0.2) is 11.1 Å². The van der Waals surface area contributed by atoms with Crippen molar-refractivity contribution in [1.82, 2.24) is 0 Å². The second-order valence-electron chi connectivity index (χ2n) is 5.96. The topological polar surface area (TPSA) is 76.7 Å². The van der Waals surface area contributed by atoms with Crippen LogP contribution in [0.15, 0.2) is 51.7 Å². The van der Waals surface area contributed by atoms with Crippen LogP contribution in [0.25, 0.3) is 11.0 Å². The van der Waals surface area contributed by atoms with Gasteiger partial charge >= 0.3 is 11.6 Å². The van der Waals surface area contributed by atoms with Gasteiger partial charge in [-0.3, -0.25) is 4.79 Å². The number of carbonyl (C=O) groups excluding carboxylic acids is 1. The van der Waals surface area contributed by atoms with Crippen LogP contribution in [0, 0.1) is 12.7 Å². The average molecular weight is 356 g/mol. The monoisotopic (exact) mass is 356 g/mol. The zero-order chi connectivity index (χ0) is 18.7. The van der Waals surface area contributed by atoms with Gasteiger partial charge in [0.2, 0.25) is 0 Å². The highest BCUT2D eigenvalue weighted by Gasteiger charge is 2.12. The zero-order valence-electron chi connectivity index (χ0n) is 14.1. The van der Waals surface area contributed by atoms with Crippen LogP contribution >= 0.6 is 0 Å². The SMILES string of the molecule is Cc1c(O)ccc2c(COC(=O)CCc3ccc(F)cc3)cc(=O)oc12. The van der Waals surface area contributed by atoms with Crippen LogP contribution in [0.5, 0.6) is 5.75 Å². The number of hydrogen-bond acceptors (Lipinski definition) is 5. The van der Waals surface area contributed by atoms with Gasteiger partial charge < -0.3 is 14.3 Å². The third kappa shape index (κ3) is 3.91. The van der Waals surface area contributed by atoms with E-state index in [0.29, 0.717) is 22.9 Å². The minimum absolute atomic E-state index is 0.0223. The summed E-state index contributed by atoms with van der Waals surface area (Å²) < 4.78 is 23.3. The van der Waals surface area contributed by atoms with E-state index in [4.69, 9.17) is 9.15 Å². The maximum Gasteiger partial charge on any atom is 0.336 e. The smallest absolute Gasteiger partial charge is 0.336 e. The number of aromatic hydroxyl groups is 1. The summed E-state index contributed by atoms with van der Waals surface area (Å²) >= 11 is 0. The lowest BCUT2D eigenvalue weighted by molar-refractivity contribution is -0.144. The highest BCUT2D eigenvalue weighted by atomic mass is 19.1. The number of esters is 1. The zero-order valence-corrected chi connectivity index (χ0v) is 14.1. The Morgan fingerprint density at radius 3 is 2.65 bits per heavy atom. The summed E-state index contributed by atoms with van der Waals surface area (Å²) in [5.41, 5.74) is 1.48. The van der Waals surface area contributed by atoms with Crippen molar-refractivity contribution in [1.29, 1.82) is 0 Å². The number of halogens is 1. The molecule has 1 aromatic heterocycles. The Morgan fingerprint density at radius 2 is 1.92 bits per heavy atom. The highest BCUT2D eigenvalue weighted by molar-refractivity contribution is 5.85. The second kappa shape index (κ2) is 7.39. The van der Waals surface area contributed by atoms with Crippen LogP contribution in [0.1, 0.15) is 23.1 Å². The number of rotatable bonds is 5. The molecule has 0 spiro atoms. The lowest BCUT2D eigenvalue weighted by Crippen LogP contribution is -2.08. The number of hydrogen-bond donors (Lipinski definition) is 1. The van der Waals surface area contributed by atoms with Gasteiger partial charge in [-0.25, -0.2) is 9.18 Å². The van der Waals surface area contributed by atoms with E-state index in [0.717, 1.165) is 5.56 Å². The van der Waals surface area contributed by atoms with Gasteiger partial charge in [0.1, 0.15) is 23.8 Å². The van der Waals surface area contributed by atoms with Crippen molar-refractivity contribution in [2.75, 3.05) is 0 Å². The van der Waals surface area contributed by atoms with E-state index in [9.17, 15) is 19.1 Å². The number of ether oxygens (including phenoxy) is 1. The van der Waals surface area contributed by atoms with Crippen molar-refractivity contribution in [2.45, 2.75) is 26.4 Å². The molecular weight excluding hydrogens is 339 g/mol. The molecule has 0 aliphatic heterocycles. The summed E-state index contributed by atoms with van der Waals surface area (Å²) in [7, 11) is 0. The van der Waals surface area contributed by atoms with E-state index in [1.807, 2.05) is 0 Å². The predicted molar refractivity (Wildman–Crippen MR) is 93.4 cm³/mol. The Kier molecular flexibility index (Phi) is 5.02. The van der Waals surface area contributed by atoms with Crippen LogP contribution in [0.3, 0.4) is 0 Å². The third-order valence-electron chi connectivity index (χ3n) is 4.14. The lowest BCUT2D eigenvalue weighted by atomic mass is 10.1. The van der Waals surface area contributed by atoms with Gasteiger partial charge in [-0.1, -0.05) is 12.1 Å². The third-order valence-corrected chi connectivity index (χ3v) is 4.14. The number of phenols is 1. The van der Waals surface area contributed by atoms with E-state index in [2.05, 4.69) is 0 Å². The molecule has 3 rings (SSSR count). The standard InChI is InChI=1S/C20H17FO5/c1-12-17(22)8-7-16-14(10-19(24)26-20(12)16)11-25-18(23)9-4-13-2-5-15(21)6-3-13/h2-3,5-8,10,22H,4,9,11H2,1H3. The van der Waals surface area contributed by atoms with Gasteiger partial charge in [-0.05, 0) is 43.2 Å². The van der Waals surface area contributed by atoms with Crippen LogP contribution in [0.2, 0.25) is 0 Å². The summed E-state index contributed by atoms with van der Waals surface area (Å²) in [6.45, 7) is 1.56. The molecule has 0 unspecified atom stereocenters. The Balaban J connectivity index is 1.69. The molecular formula is C20H17FO5. The Labute approximate surface area is 148 Å². The summed E-state index contributed by atoms with van der Waals surface area (Å²) in [4.78, 5) is 23.7. The van der Waals surface area contributed by atoms with Crippen LogP contribution in [0.4, 0.5) is 4.39 Å². The van der Waals surface area contributed by atoms with Crippen molar-refractivity contribution < 1.29 is 23.4 Å². The molecule has 0 radical (unpaired) electrons. The van der Waals surface area contributed by atoms with Crippen molar-refractivity contribution >= 4 is 16.9 Å². The fourth-order valence-corrected chi connectivity index (χ4v) is 2.66. The maximum atomic E-state index is 12.9. The normalized spacial score (nSPS) is 10.8. The number of aryl methyl sites for hydroxylation is 2. The molecule has 6 heteroatoms. The predicted octanol–water partition coefficient (Wildman–Crippen LogP) is 3.62. The van der Waals surface area contributed by atoms with E-state index in [-0.39, 0.29) is 30.2 Å². The molecule has 0 atom stereocenters. The molecule has 1 N–H and O–H groups in total. The first-order valence-corrected chi connectivity index (χ1v) is 8.09. The molecule has 0 bridgehead atoms. The summed E-state index contributed by atoms with van der Waals surface area (Å²) in [5.74, 6) is -0.729. The molecule has 5 nitrogen and oxygen atoms in total. The highest BCUT2D eigenvalue weighted by Crippen LogP contribution is 2.27. The van der Waals surface area contributed by atoms with E-state index in [1.165, 1.54) is 24.3 Å². The van der Waals surface area contributed by atoms with Crippen molar-refractivity contribution in [3.63, 3.8) is 0 Å². The summed E-state index contributed by atoms with van der Waals surface area (Å²) in [6.07, 6.45) is 0.578. The van der Waals surface area contributed by atoms with Gasteiger partial charge in [0.15, 0.2) is 0 Å². The first kappa shape index (κ1) is 17.7. The number of benzene rings is 2. The molecule has 0 aliphatic rings. The molecule has 134 valence electrons. The first-order chi connectivity index (χ1) is 12.4. The molecule has 2 aromatic carbocycles. The Hall–Kier alpha value is -3.15. The van der Waals surface area contributed by atoms with E-state index in [1.54, 1.807) is 25.1 Å². The second-order valence-corrected chi connectivity index (χ2v) is 5.96. The van der Waals surface area contributed by atoms with Crippen LogP contribution < -0.4 is 5.63 Å². The molecule has 0 amide bonds. The fourth-order valence-electron chi connectivity index (χ4n) is 2.66. The van der Waals surface area contributed by atoms with Crippen molar-refractivity contribution in [2.24, 2.45) is 0 Å². The van der Waals surface area contributed by atoms with Gasteiger partial charge in [0, 0.05) is 29.0 Å². The Morgan fingerprint density at radius 1 is 1.19 bits per heavy atom. The van der Waals surface area contributed by atoms with Crippen LogP contribution in [-0.2, 0) is 22.6 Å². The average Bonchev–Trinajstić information content (AvgIpc) is 2.62. The van der Waals surface area contributed by atoms with Crippen molar-refractivity contribution in [3.05, 3.63) is 75.4 Å². The first-order valence-electron chi connectivity index (χ1n) is 8.09. The quantitative estimate of drug-likeness (QED) is 0.558. The van der Waals surface area contributed by atoms with Gasteiger partial charge in [-0.15, -0.1) is 0 Å². The molecule has 26 heavy (non-hydrogen) atoms. The maximum absolute atomic E-state index is 12.9. The lowest BCUT2D eigenvalue weighted by Gasteiger charge is -2.09. The van der Waals surface area contributed by atoms with Gasteiger partial charge in [-0.2, -0.15) is 0 Å². The number of fused-ring (bicyclic) bond motifs is 1. The minimum Gasteiger partial charge on any atom is -0.508 e. The van der Waals surface area contributed by atoms with Gasteiger partial charge in [0.25, 0.3) is 0 Å².